The number of hydrogen-bond acceptors (Lipinski definition) is 9. The molecule has 0 saturated heterocycles. The summed E-state index contributed by atoms with van der Waals surface area (Å²) in [6.45, 7) is 0. The lowest BCUT2D eigenvalue weighted by Gasteiger charge is -2.12. The third kappa shape index (κ3) is 6.79. The molecule has 208 valence electrons. The first-order valence-corrected chi connectivity index (χ1v) is 11.8. The van der Waals surface area contributed by atoms with E-state index in [9.17, 15) is 29.4 Å². The summed E-state index contributed by atoms with van der Waals surface area (Å²) in [5.74, 6) is -2.20. The monoisotopic (exact) mass is 558 g/mol. The Bertz CT molecular complexity index is 1490. The molecule has 0 aliphatic rings. The second kappa shape index (κ2) is 12.3. The van der Waals surface area contributed by atoms with Crippen molar-refractivity contribution in [2.24, 2.45) is 0 Å². The molecule has 0 bridgehead atoms. The summed E-state index contributed by atoms with van der Waals surface area (Å²) in [5.41, 5.74) is -0.247. The van der Waals surface area contributed by atoms with E-state index in [1.54, 1.807) is 48.5 Å². The van der Waals surface area contributed by atoms with Gasteiger partial charge in [-0.2, -0.15) is 0 Å². The zero-order valence-corrected chi connectivity index (χ0v) is 21.7. The molecular weight excluding hydrogens is 536 g/mol. The average molecular weight is 558 g/mol. The number of carbonyl (C=O) groups excluding carboxylic acids is 2. The van der Waals surface area contributed by atoms with Crippen molar-refractivity contribution in [3.8, 4) is 34.5 Å². The summed E-state index contributed by atoms with van der Waals surface area (Å²) in [5, 5.41) is 19.0. The van der Waals surface area contributed by atoms with Crippen LogP contribution in [0.25, 0.3) is 0 Å². The topological polar surface area (TPSA) is 155 Å². The lowest BCUT2D eigenvalue weighted by atomic mass is 10.1. The molecule has 0 radical (unpaired) electrons. The highest BCUT2D eigenvalue weighted by molar-refractivity contribution is 5.97. The molecule has 4 aromatic rings. The van der Waals surface area contributed by atoms with Gasteiger partial charge in [0.2, 0.25) is 0 Å². The molecule has 4 rings (SSSR count). The van der Waals surface area contributed by atoms with Gasteiger partial charge < -0.3 is 33.9 Å². The first-order chi connectivity index (χ1) is 19.7. The number of carbonyl (C=O) groups is 4. The van der Waals surface area contributed by atoms with Crippen LogP contribution in [0.2, 0.25) is 0 Å². The molecule has 0 aliphatic carbocycles. The summed E-state index contributed by atoms with van der Waals surface area (Å²) in [6.07, 6.45) is 0. The van der Waals surface area contributed by atoms with Gasteiger partial charge in [0.25, 0.3) is 0 Å². The highest BCUT2D eigenvalue weighted by atomic mass is 16.5. The van der Waals surface area contributed by atoms with Crippen LogP contribution >= 0.6 is 0 Å². The van der Waals surface area contributed by atoms with Crippen LogP contribution < -0.4 is 14.2 Å². The number of ether oxygens (including phenoxy) is 5. The van der Waals surface area contributed by atoms with Gasteiger partial charge in [-0.25, -0.2) is 19.2 Å². The molecule has 0 fully saturated rings. The lowest BCUT2D eigenvalue weighted by molar-refractivity contribution is 0.0590. The predicted octanol–water partition coefficient (Wildman–Crippen LogP) is 6.03. The first kappa shape index (κ1) is 28.2. The van der Waals surface area contributed by atoms with Crippen LogP contribution in [-0.2, 0) is 9.47 Å². The third-order valence-electron chi connectivity index (χ3n) is 5.60. The maximum Gasteiger partial charge on any atom is 0.339 e. The Morgan fingerprint density at radius 3 is 1.10 bits per heavy atom. The van der Waals surface area contributed by atoms with Crippen molar-refractivity contribution in [3.63, 3.8) is 0 Å². The fourth-order valence-electron chi connectivity index (χ4n) is 3.60. The molecule has 2 N–H and O–H groups in total. The Morgan fingerprint density at radius 2 is 0.805 bits per heavy atom. The molecule has 0 aliphatic heterocycles. The van der Waals surface area contributed by atoms with Gasteiger partial charge in [-0.05, 0) is 84.9 Å². The Kier molecular flexibility index (Phi) is 8.48. The van der Waals surface area contributed by atoms with Gasteiger partial charge >= 0.3 is 23.9 Å². The standard InChI is InChI=1S/C30H22O11/c1-37-29(35)17-3-13-25(23(15-17)27(31)32)40-21-9-5-19(6-10-21)39-20-7-11-22(12-8-20)41-26-14-4-18(30(36)38-2)16-24(26)28(33)34/h3-16H,1-2H3,(H,31,32)(H,33,34). The van der Waals surface area contributed by atoms with E-state index in [4.69, 9.17) is 14.2 Å². The molecule has 11 heteroatoms. The van der Waals surface area contributed by atoms with Crippen molar-refractivity contribution in [3.05, 3.63) is 107 Å². The van der Waals surface area contributed by atoms with Crippen LogP contribution in [0, 0.1) is 0 Å². The normalized spacial score (nSPS) is 10.3. The second-order valence-corrected chi connectivity index (χ2v) is 8.26. The second-order valence-electron chi connectivity index (χ2n) is 8.26. The highest BCUT2D eigenvalue weighted by Crippen LogP contribution is 2.32. The quantitative estimate of drug-likeness (QED) is 0.219. The van der Waals surface area contributed by atoms with Crippen LogP contribution in [0.5, 0.6) is 34.5 Å². The molecule has 0 heterocycles. The Morgan fingerprint density at radius 1 is 0.488 bits per heavy atom. The Hall–Kier alpha value is -5.84. The van der Waals surface area contributed by atoms with E-state index in [1.807, 2.05) is 0 Å². The van der Waals surface area contributed by atoms with Gasteiger partial charge in [-0.1, -0.05) is 0 Å². The van der Waals surface area contributed by atoms with Crippen LogP contribution in [0.4, 0.5) is 0 Å². The molecule has 0 atom stereocenters. The van der Waals surface area contributed by atoms with Crippen molar-refractivity contribution in [1.29, 1.82) is 0 Å². The van der Waals surface area contributed by atoms with Crippen molar-refractivity contribution in [2.45, 2.75) is 0 Å². The van der Waals surface area contributed by atoms with Gasteiger partial charge in [0.1, 0.15) is 45.6 Å². The van der Waals surface area contributed by atoms with Crippen molar-refractivity contribution in [1.82, 2.24) is 0 Å². The van der Waals surface area contributed by atoms with E-state index in [2.05, 4.69) is 9.47 Å². The molecule has 0 saturated carbocycles. The number of carboxylic acid groups (broad SMARTS) is 2. The maximum absolute atomic E-state index is 11.7. The molecule has 4 aromatic carbocycles. The van der Waals surface area contributed by atoms with Crippen molar-refractivity contribution >= 4 is 23.9 Å². The van der Waals surface area contributed by atoms with E-state index in [0.717, 1.165) is 0 Å². The smallest absolute Gasteiger partial charge is 0.339 e. The molecule has 0 unspecified atom stereocenters. The fourth-order valence-corrected chi connectivity index (χ4v) is 3.60. The minimum atomic E-state index is -1.27. The predicted molar refractivity (Wildman–Crippen MR) is 143 cm³/mol. The number of aromatic carboxylic acids is 2. The largest absolute Gasteiger partial charge is 0.478 e. The van der Waals surface area contributed by atoms with Crippen LogP contribution in [0.15, 0.2) is 84.9 Å². The van der Waals surface area contributed by atoms with Crippen molar-refractivity contribution in [2.75, 3.05) is 14.2 Å². The SMILES string of the molecule is COC(=O)c1ccc(Oc2ccc(Oc3ccc(Oc4ccc(C(=O)OC)cc4C(=O)O)cc3)cc2)c(C(=O)O)c1. The van der Waals surface area contributed by atoms with Gasteiger partial charge in [0.15, 0.2) is 0 Å². The average Bonchev–Trinajstić information content (AvgIpc) is 2.98. The fraction of sp³-hybridized carbons (Fsp3) is 0.0667. The van der Waals surface area contributed by atoms with Crippen LogP contribution in [-0.4, -0.2) is 48.3 Å². The van der Waals surface area contributed by atoms with Gasteiger partial charge in [0, 0.05) is 0 Å². The molecule has 11 nitrogen and oxygen atoms in total. The molecular formula is C30H22O11. The summed E-state index contributed by atoms with van der Waals surface area (Å²) < 4.78 is 26.5. The first-order valence-electron chi connectivity index (χ1n) is 11.8. The third-order valence-corrected chi connectivity index (χ3v) is 5.60. The number of benzene rings is 4. The summed E-state index contributed by atoms with van der Waals surface area (Å²) in [4.78, 5) is 46.7. The highest BCUT2D eigenvalue weighted by Gasteiger charge is 2.18. The van der Waals surface area contributed by atoms with E-state index in [0.29, 0.717) is 23.0 Å². The lowest BCUT2D eigenvalue weighted by Crippen LogP contribution is -2.06. The number of hydrogen-bond donors (Lipinski definition) is 2. The number of rotatable bonds is 10. The molecule has 0 aromatic heterocycles. The van der Waals surface area contributed by atoms with Crippen molar-refractivity contribution < 1.29 is 53.1 Å². The van der Waals surface area contributed by atoms with E-state index < -0.39 is 23.9 Å². The van der Waals surface area contributed by atoms with E-state index >= 15 is 0 Å². The minimum absolute atomic E-state index is 0.0420. The van der Waals surface area contributed by atoms with Crippen LogP contribution in [0.3, 0.4) is 0 Å². The van der Waals surface area contributed by atoms with Gasteiger partial charge in [-0.15, -0.1) is 0 Å². The zero-order valence-electron chi connectivity index (χ0n) is 21.7. The Labute approximate surface area is 233 Å². The number of methoxy groups -OCH3 is 2. The summed E-state index contributed by atoms with van der Waals surface area (Å²) >= 11 is 0. The summed E-state index contributed by atoms with van der Waals surface area (Å²) in [6, 6.07) is 20.7. The number of carboxylic acids is 2. The summed E-state index contributed by atoms with van der Waals surface area (Å²) in [7, 11) is 2.40. The molecule has 0 spiro atoms. The number of esters is 2. The van der Waals surface area contributed by atoms with E-state index in [1.165, 1.54) is 50.6 Å². The van der Waals surface area contributed by atoms with Crippen LogP contribution in [0.1, 0.15) is 41.4 Å². The minimum Gasteiger partial charge on any atom is -0.478 e. The molecule has 0 amide bonds. The maximum atomic E-state index is 11.7. The van der Waals surface area contributed by atoms with Gasteiger partial charge in [0.05, 0.1) is 25.3 Å². The zero-order chi connectivity index (χ0) is 29.5. The molecule has 41 heavy (non-hydrogen) atoms. The van der Waals surface area contributed by atoms with Gasteiger partial charge in [-0.3, -0.25) is 0 Å². The van der Waals surface area contributed by atoms with E-state index in [-0.39, 0.29) is 33.8 Å². The Balaban J connectivity index is 1.43.